The third-order valence-corrected chi connectivity index (χ3v) is 8.12. The van der Waals surface area contributed by atoms with E-state index < -0.39 is 58.2 Å². The summed E-state index contributed by atoms with van der Waals surface area (Å²) in [5.41, 5.74) is 11.1. The lowest BCUT2D eigenvalue weighted by atomic mass is 9.84. The summed E-state index contributed by atoms with van der Waals surface area (Å²) in [6, 6.07) is 9.53. The average molecular weight is 707 g/mol. The molecule has 1 fully saturated rings. The summed E-state index contributed by atoms with van der Waals surface area (Å²) in [4.78, 5) is 46.8. The summed E-state index contributed by atoms with van der Waals surface area (Å²) in [6.45, 7) is 4.63. The maximum Gasteiger partial charge on any atom is 0.351 e. The van der Waals surface area contributed by atoms with E-state index in [1.54, 1.807) is 24.3 Å². The van der Waals surface area contributed by atoms with Gasteiger partial charge in [0.2, 0.25) is 10.4 Å². The predicted molar refractivity (Wildman–Crippen MR) is 170 cm³/mol. The molecule has 0 aliphatic carbocycles. The van der Waals surface area contributed by atoms with Gasteiger partial charge in [-0.3, -0.25) is 14.9 Å². The lowest BCUT2D eigenvalue weighted by molar-refractivity contribution is -0.656. The Kier molecular flexibility index (Phi) is 10.8. The van der Waals surface area contributed by atoms with Crippen molar-refractivity contribution in [3.8, 4) is 16.9 Å². The van der Waals surface area contributed by atoms with Crippen molar-refractivity contribution in [1.29, 1.82) is 0 Å². The fourth-order valence-electron chi connectivity index (χ4n) is 4.44. The van der Waals surface area contributed by atoms with Crippen LogP contribution in [-0.2, 0) is 41.0 Å². The van der Waals surface area contributed by atoms with Crippen LogP contribution >= 0.6 is 11.3 Å². The van der Waals surface area contributed by atoms with E-state index in [1.165, 1.54) is 19.2 Å². The highest BCUT2D eigenvalue weighted by Gasteiger charge is 2.57. The number of aliphatic carboxylic acids is 1. The van der Waals surface area contributed by atoms with Gasteiger partial charge in [0.25, 0.3) is 23.7 Å². The number of nitrogens with zero attached hydrogens (tertiary/aromatic N) is 4. The van der Waals surface area contributed by atoms with E-state index >= 15 is 0 Å². The van der Waals surface area contributed by atoms with Gasteiger partial charge in [0.15, 0.2) is 10.8 Å². The smallest absolute Gasteiger partial charge is 0.351 e. The van der Waals surface area contributed by atoms with E-state index in [0.29, 0.717) is 17.4 Å². The molecule has 3 heterocycles. The number of carboxylic acids is 1. The molecule has 18 nitrogen and oxygen atoms in total. The number of carbonyl (C=O) groups excluding carboxylic acids is 2. The number of hydroxylamine groups is 2. The topological polar surface area (TPSA) is 265 Å². The Labute approximate surface area is 279 Å². The van der Waals surface area contributed by atoms with E-state index in [-0.39, 0.29) is 16.9 Å². The number of pyridine rings is 1. The molecule has 0 bridgehead atoms. The first-order chi connectivity index (χ1) is 22.5. The van der Waals surface area contributed by atoms with Gasteiger partial charge in [0, 0.05) is 23.6 Å². The van der Waals surface area contributed by atoms with Crippen molar-refractivity contribution < 1.29 is 50.9 Å². The number of amides is 2. The molecule has 7 N–H and O–H groups in total. The Morgan fingerprint density at radius 2 is 1.90 bits per heavy atom. The highest BCUT2D eigenvalue weighted by Crippen LogP contribution is 2.33. The number of aryl methyl sites for hydroxylation is 1. The monoisotopic (exact) mass is 706 g/mol. The molecule has 0 radical (unpaired) electrons. The first-order valence-corrected chi connectivity index (χ1v) is 16.4. The van der Waals surface area contributed by atoms with Gasteiger partial charge in [-0.15, -0.1) is 11.3 Å². The fraction of sp³-hybridized carbons (Fsp3) is 0.357. The maximum absolute atomic E-state index is 13.2. The highest BCUT2D eigenvalue weighted by atomic mass is 32.3. The number of anilines is 2. The van der Waals surface area contributed by atoms with Gasteiger partial charge in [0.1, 0.15) is 30.1 Å². The number of thiazole rings is 1. The quantitative estimate of drug-likeness (QED) is 0.0340. The SMILES string of the molecule is CC(CN)Nc1ccc(-c2ccc(OCC(O/N=C(\C(=O)N[C@@H]3C(=O)N(OS(=O)(=O)[O-])C3(C)C)c3csc(N)n3)C(=O)O)cc2)c[n+]1C. The molecule has 1 aromatic carbocycles. The molecule has 2 amide bonds. The predicted octanol–water partition coefficient (Wildman–Crippen LogP) is -0.274. The number of nitrogens with two attached hydrogens (primary N) is 2. The standard InChI is InChI=1S/C28H34N8O10S2/c1-15(11-29)31-21-10-7-17(12-35(21)4)16-5-8-18(9-6-16)44-13-20(26(39)40)45-34-22(19-14-47-27(30)32-19)24(37)33-23-25(38)36(28(23,2)3)46-48(41,42)43/h5-10,12,14-15,20,23H,11,13,29H2,1-4H3,(H5,30,32,33,37,39,40,41,42,43)/b34-22-/t15?,20?,23-/m1/s1. The molecular formula is C28H34N8O10S2. The van der Waals surface area contributed by atoms with Crippen molar-refractivity contribution >= 4 is 56.2 Å². The molecule has 2 unspecified atom stereocenters. The van der Waals surface area contributed by atoms with Crippen molar-refractivity contribution in [2.75, 3.05) is 24.2 Å². The Hall–Kier alpha value is -4.89. The van der Waals surface area contributed by atoms with Crippen LogP contribution in [0.4, 0.5) is 10.9 Å². The summed E-state index contributed by atoms with van der Waals surface area (Å²) in [5, 5.41) is 20.8. The van der Waals surface area contributed by atoms with Crippen molar-refractivity contribution in [2.45, 2.75) is 44.5 Å². The largest absolute Gasteiger partial charge is 0.724 e. The molecule has 48 heavy (non-hydrogen) atoms. The average Bonchev–Trinajstić information content (AvgIpc) is 3.46. The first kappa shape index (κ1) is 36.0. The number of hydrogen-bond acceptors (Lipinski definition) is 15. The Morgan fingerprint density at radius 3 is 2.44 bits per heavy atom. The molecule has 3 atom stereocenters. The number of aromatic nitrogens is 2. The summed E-state index contributed by atoms with van der Waals surface area (Å²) in [5.74, 6) is -2.30. The van der Waals surface area contributed by atoms with Crippen LogP contribution in [0.25, 0.3) is 11.1 Å². The number of β-lactam (4-membered cyclic amide) rings is 1. The summed E-state index contributed by atoms with van der Waals surface area (Å²) in [6.07, 6.45) is 0.256. The number of oxime groups is 1. The van der Waals surface area contributed by atoms with Gasteiger partial charge < -0.3 is 36.0 Å². The van der Waals surface area contributed by atoms with Crippen molar-refractivity contribution in [1.82, 2.24) is 15.4 Å². The number of hydrogen-bond donors (Lipinski definition) is 5. The molecule has 1 aliphatic heterocycles. The molecule has 1 aliphatic rings. The maximum atomic E-state index is 13.2. The second-order valence-corrected chi connectivity index (χ2v) is 13.0. The van der Waals surface area contributed by atoms with Gasteiger partial charge in [0.05, 0.1) is 18.8 Å². The van der Waals surface area contributed by atoms with Gasteiger partial charge in [-0.25, -0.2) is 22.8 Å². The number of rotatable bonds is 15. The van der Waals surface area contributed by atoms with Crippen LogP contribution in [0, 0.1) is 0 Å². The molecule has 4 rings (SSSR count). The van der Waals surface area contributed by atoms with Crippen molar-refractivity contribution in [3.05, 3.63) is 53.7 Å². The highest BCUT2D eigenvalue weighted by molar-refractivity contribution is 7.80. The van der Waals surface area contributed by atoms with E-state index in [1.807, 2.05) is 36.9 Å². The number of ether oxygens (including phenoxy) is 1. The van der Waals surface area contributed by atoms with Crippen LogP contribution in [-0.4, -0.2) is 88.5 Å². The Bertz CT molecular complexity index is 1810. The number of nitrogen functional groups attached to an aromatic ring is 1. The van der Waals surface area contributed by atoms with E-state index in [9.17, 15) is 32.5 Å². The molecule has 1 saturated heterocycles. The van der Waals surface area contributed by atoms with Gasteiger partial charge in [-0.2, -0.15) is 9.35 Å². The van der Waals surface area contributed by atoms with Crippen LogP contribution in [0.5, 0.6) is 5.75 Å². The van der Waals surface area contributed by atoms with Crippen LogP contribution in [0.2, 0.25) is 0 Å². The summed E-state index contributed by atoms with van der Waals surface area (Å²) in [7, 11) is -3.36. The zero-order valence-electron chi connectivity index (χ0n) is 26.1. The van der Waals surface area contributed by atoms with Gasteiger partial charge in [-0.1, -0.05) is 17.3 Å². The molecular weight excluding hydrogens is 672 g/mol. The second kappa shape index (κ2) is 14.5. The second-order valence-electron chi connectivity index (χ2n) is 11.1. The third-order valence-electron chi connectivity index (χ3n) is 7.11. The molecule has 0 saturated carbocycles. The Balaban J connectivity index is 1.44. The number of carbonyl (C=O) groups is 3. The third kappa shape index (κ3) is 8.52. The first-order valence-electron chi connectivity index (χ1n) is 14.2. The lowest BCUT2D eigenvalue weighted by Crippen LogP contribution is -2.76. The van der Waals surface area contributed by atoms with Crippen LogP contribution < -0.4 is 31.4 Å². The van der Waals surface area contributed by atoms with Crippen LogP contribution in [0.1, 0.15) is 26.5 Å². The number of benzene rings is 1. The molecule has 20 heteroatoms. The van der Waals surface area contributed by atoms with E-state index in [2.05, 4.69) is 25.1 Å². The lowest BCUT2D eigenvalue weighted by Gasteiger charge is -2.51. The zero-order valence-corrected chi connectivity index (χ0v) is 27.8. The fourth-order valence-corrected chi connectivity index (χ4v) is 5.43. The summed E-state index contributed by atoms with van der Waals surface area (Å²) >= 11 is 0.951. The normalized spacial score (nSPS) is 17.2. The summed E-state index contributed by atoms with van der Waals surface area (Å²) < 4.78 is 44.7. The molecule has 3 aromatic rings. The minimum atomic E-state index is -5.27. The van der Waals surface area contributed by atoms with Crippen molar-refractivity contribution in [2.24, 2.45) is 17.9 Å². The minimum Gasteiger partial charge on any atom is -0.724 e. The zero-order chi connectivity index (χ0) is 35.4. The number of carboxylic acid groups (broad SMARTS) is 1. The van der Waals surface area contributed by atoms with E-state index in [0.717, 1.165) is 28.3 Å². The molecule has 0 spiro atoms. The van der Waals surface area contributed by atoms with Crippen LogP contribution in [0.15, 0.2) is 53.1 Å². The minimum absolute atomic E-state index is 0.0508. The van der Waals surface area contributed by atoms with Gasteiger partial charge >= 0.3 is 5.97 Å². The number of nitrogens with one attached hydrogen (secondary N) is 2. The van der Waals surface area contributed by atoms with Gasteiger partial charge in [-0.05, 0) is 44.5 Å². The van der Waals surface area contributed by atoms with Crippen LogP contribution in [0.3, 0.4) is 0 Å². The molecule has 258 valence electrons. The van der Waals surface area contributed by atoms with E-state index in [4.69, 9.17) is 21.0 Å². The molecule has 2 aromatic heterocycles. The van der Waals surface area contributed by atoms with Crippen molar-refractivity contribution in [3.63, 3.8) is 0 Å². The Morgan fingerprint density at radius 1 is 1.23 bits per heavy atom.